The van der Waals surface area contributed by atoms with E-state index >= 15 is 0 Å². The van der Waals surface area contributed by atoms with E-state index in [1.54, 1.807) is 0 Å². The third kappa shape index (κ3) is 2.30. The molecule has 0 unspecified atom stereocenters. The van der Waals surface area contributed by atoms with Crippen molar-refractivity contribution in [3.8, 4) is 0 Å². The molecule has 0 bridgehead atoms. The normalized spacial score (nSPS) is 12.3. The average Bonchev–Trinajstić information content (AvgIpc) is 2.54. The standard InChI is InChI=1S/C7H14N4O2S/c1-3-5(4-2)6-9-7(11-10-6)14(8,12)13/h5H,3-4H2,1-2H3,(H2,8,12,13)(H,9,10,11). The molecule has 3 N–H and O–H groups in total. The Hall–Kier alpha value is -0.950. The molecule has 80 valence electrons. The summed E-state index contributed by atoms with van der Waals surface area (Å²) in [6, 6.07) is 0. The lowest BCUT2D eigenvalue weighted by Crippen LogP contribution is -2.14. The first-order valence-corrected chi connectivity index (χ1v) is 5.98. The van der Waals surface area contributed by atoms with Gasteiger partial charge in [-0.1, -0.05) is 13.8 Å². The van der Waals surface area contributed by atoms with Gasteiger partial charge in [0, 0.05) is 5.92 Å². The zero-order chi connectivity index (χ0) is 10.8. The molecule has 1 aromatic heterocycles. The second kappa shape index (κ2) is 4.05. The van der Waals surface area contributed by atoms with Gasteiger partial charge in [-0.25, -0.2) is 18.5 Å². The fraction of sp³-hybridized carbons (Fsp3) is 0.714. The highest BCUT2D eigenvalue weighted by atomic mass is 32.2. The Morgan fingerprint density at radius 3 is 2.36 bits per heavy atom. The van der Waals surface area contributed by atoms with Gasteiger partial charge in [-0.2, -0.15) is 0 Å². The van der Waals surface area contributed by atoms with Gasteiger partial charge in [-0.05, 0) is 12.8 Å². The summed E-state index contributed by atoms with van der Waals surface area (Å²) in [5, 5.41) is 10.7. The molecule has 0 atom stereocenters. The predicted molar refractivity (Wildman–Crippen MR) is 51.1 cm³/mol. The monoisotopic (exact) mass is 218 g/mol. The number of nitrogens with two attached hydrogens (primary N) is 1. The first-order valence-electron chi connectivity index (χ1n) is 4.44. The highest BCUT2D eigenvalue weighted by Crippen LogP contribution is 2.19. The van der Waals surface area contributed by atoms with Crippen LogP contribution in [0.25, 0.3) is 0 Å². The van der Waals surface area contributed by atoms with Gasteiger partial charge in [0.05, 0.1) is 0 Å². The zero-order valence-corrected chi connectivity index (χ0v) is 9.00. The largest absolute Gasteiger partial charge is 0.282 e. The van der Waals surface area contributed by atoms with Crippen molar-refractivity contribution in [3.63, 3.8) is 0 Å². The number of sulfonamides is 1. The van der Waals surface area contributed by atoms with E-state index in [9.17, 15) is 8.42 Å². The summed E-state index contributed by atoms with van der Waals surface area (Å²) in [6.07, 6.45) is 1.77. The molecule has 1 aromatic rings. The Balaban J connectivity index is 2.99. The molecule has 0 spiro atoms. The highest BCUT2D eigenvalue weighted by molar-refractivity contribution is 7.89. The van der Waals surface area contributed by atoms with E-state index in [4.69, 9.17) is 5.14 Å². The van der Waals surface area contributed by atoms with Crippen LogP contribution in [0.3, 0.4) is 0 Å². The molecule has 0 amide bonds. The maximum atomic E-state index is 10.9. The number of nitrogens with zero attached hydrogens (tertiary/aromatic N) is 2. The minimum atomic E-state index is -3.79. The molecule has 0 aliphatic heterocycles. The van der Waals surface area contributed by atoms with Gasteiger partial charge in [-0.15, -0.1) is 5.10 Å². The first-order chi connectivity index (χ1) is 6.49. The van der Waals surface area contributed by atoms with Crippen molar-refractivity contribution in [2.24, 2.45) is 5.14 Å². The van der Waals surface area contributed by atoms with Crippen molar-refractivity contribution in [3.05, 3.63) is 5.82 Å². The number of aromatic nitrogens is 3. The van der Waals surface area contributed by atoms with Gasteiger partial charge in [0.1, 0.15) is 5.82 Å². The molecule has 0 fully saturated rings. The number of primary sulfonamides is 1. The van der Waals surface area contributed by atoms with E-state index in [1.807, 2.05) is 13.8 Å². The van der Waals surface area contributed by atoms with Crippen LogP contribution in [0.15, 0.2) is 5.16 Å². The van der Waals surface area contributed by atoms with Crippen molar-refractivity contribution in [2.75, 3.05) is 0 Å². The summed E-state index contributed by atoms with van der Waals surface area (Å²) in [5.41, 5.74) is 0. The molecule has 0 aliphatic carbocycles. The smallest absolute Gasteiger partial charge is 0.262 e. The summed E-state index contributed by atoms with van der Waals surface area (Å²) in [7, 11) is -3.79. The maximum absolute atomic E-state index is 10.9. The van der Waals surface area contributed by atoms with Crippen molar-refractivity contribution >= 4 is 10.0 Å². The van der Waals surface area contributed by atoms with Crippen LogP contribution < -0.4 is 5.14 Å². The number of H-pyrrole nitrogens is 1. The van der Waals surface area contributed by atoms with Gasteiger partial charge in [0.2, 0.25) is 0 Å². The number of nitrogens with one attached hydrogen (secondary N) is 1. The van der Waals surface area contributed by atoms with Gasteiger partial charge < -0.3 is 0 Å². The van der Waals surface area contributed by atoms with E-state index in [2.05, 4.69) is 15.2 Å². The Kier molecular flexibility index (Phi) is 3.22. The molecule has 0 aliphatic rings. The fourth-order valence-corrected chi connectivity index (χ4v) is 1.64. The van der Waals surface area contributed by atoms with Crippen LogP contribution in [-0.2, 0) is 10.0 Å². The van der Waals surface area contributed by atoms with Crippen molar-refractivity contribution in [1.29, 1.82) is 0 Å². The van der Waals surface area contributed by atoms with Crippen molar-refractivity contribution < 1.29 is 8.42 Å². The number of hydrogen-bond acceptors (Lipinski definition) is 4. The molecule has 14 heavy (non-hydrogen) atoms. The lowest BCUT2D eigenvalue weighted by Gasteiger charge is -2.06. The molecule has 6 nitrogen and oxygen atoms in total. The van der Waals surface area contributed by atoms with Crippen LogP contribution in [0.2, 0.25) is 0 Å². The lowest BCUT2D eigenvalue weighted by molar-refractivity contribution is 0.587. The molecule has 0 aromatic carbocycles. The number of aromatic amines is 1. The summed E-state index contributed by atoms with van der Waals surface area (Å²) < 4.78 is 21.8. The van der Waals surface area contributed by atoms with Gasteiger partial charge in [0.25, 0.3) is 15.2 Å². The molecule has 1 rings (SSSR count). The minimum Gasteiger partial charge on any atom is -0.262 e. The highest BCUT2D eigenvalue weighted by Gasteiger charge is 2.18. The minimum absolute atomic E-state index is 0.206. The summed E-state index contributed by atoms with van der Waals surface area (Å²) in [5.74, 6) is 0.789. The molecular formula is C7H14N4O2S. The molecular weight excluding hydrogens is 204 g/mol. The number of hydrogen-bond donors (Lipinski definition) is 2. The Morgan fingerprint density at radius 2 is 2.00 bits per heavy atom. The van der Waals surface area contributed by atoms with Gasteiger partial charge in [-0.3, -0.25) is 5.10 Å². The zero-order valence-electron chi connectivity index (χ0n) is 8.19. The summed E-state index contributed by atoms with van der Waals surface area (Å²) in [4.78, 5) is 3.84. The van der Waals surface area contributed by atoms with Gasteiger partial charge >= 0.3 is 0 Å². The second-order valence-electron chi connectivity index (χ2n) is 3.06. The van der Waals surface area contributed by atoms with E-state index in [1.165, 1.54) is 0 Å². The van der Waals surface area contributed by atoms with E-state index in [0.29, 0.717) is 5.82 Å². The van der Waals surface area contributed by atoms with Crippen LogP contribution >= 0.6 is 0 Å². The summed E-state index contributed by atoms with van der Waals surface area (Å²) in [6.45, 7) is 4.01. The number of rotatable bonds is 4. The molecule has 0 saturated carbocycles. The van der Waals surface area contributed by atoms with Crippen LogP contribution in [0.4, 0.5) is 0 Å². The second-order valence-corrected chi connectivity index (χ2v) is 4.52. The maximum Gasteiger partial charge on any atom is 0.282 e. The van der Waals surface area contributed by atoms with Gasteiger partial charge in [0.15, 0.2) is 0 Å². The third-order valence-corrected chi connectivity index (χ3v) is 2.80. The summed E-state index contributed by atoms with van der Waals surface area (Å²) >= 11 is 0. The fourth-order valence-electron chi connectivity index (χ4n) is 1.24. The third-order valence-electron chi connectivity index (χ3n) is 2.11. The molecule has 1 heterocycles. The van der Waals surface area contributed by atoms with Crippen molar-refractivity contribution in [2.45, 2.75) is 37.8 Å². The molecule has 7 heteroatoms. The lowest BCUT2D eigenvalue weighted by atomic mass is 10.0. The Morgan fingerprint density at radius 1 is 1.43 bits per heavy atom. The van der Waals surface area contributed by atoms with Crippen LogP contribution in [-0.4, -0.2) is 23.6 Å². The van der Waals surface area contributed by atoms with Crippen LogP contribution in [0, 0.1) is 0 Å². The first kappa shape index (κ1) is 11.1. The predicted octanol–water partition coefficient (Wildman–Crippen LogP) is 0.356. The average molecular weight is 218 g/mol. The van der Waals surface area contributed by atoms with E-state index in [0.717, 1.165) is 12.8 Å². The van der Waals surface area contributed by atoms with E-state index in [-0.39, 0.29) is 11.1 Å². The quantitative estimate of drug-likeness (QED) is 0.761. The Bertz CT molecular complexity index is 394. The van der Waals surface area contributed by atoms with Crippen LogP contribution in [0.1, 0.15) is 38.4 Å². The van der Waals surface area contributed by atoms with Crippen LogP contribution in [0.5, 0.6) is 0 Å². The topological polar surface area (TPSA) is 102 Å². The SMILES string of the molecule is CCC(CC)c1nc(S(N)(=O)=O)n[nH]1. The van der Waals surface area contributed by atoms with Crippen molar-refractivity contribution in [1.82, 2.24) is 15.2 Å². The molecule has 0 radical (unpaired) electrons. The Labute approximate surface area is 83.0 Å². The molecule has 0 saturated heterocycles. The van der Waals surface area contributed by atoms with E-state index < -0.39 is 10.0 Å².